The maximum atomic E-state index is 12.3. The van der Waals surface area contributed by atoms with Crippen LogP contribution in [0.1, 0.15) is 25.1 Å². The molecule has 29 heavy (non-hydrogen) atoms. The zero-order valence-corrected chi connectivity index (χ0v) is 17.5. The molecule has 2 heterocycles. The molecular weight excluding hydrogens is 392 g/mol. The van der Waals surface area contributed by atoms with Gasteiger partial charge in [0.25, 0.3) is 0 Å². The number of nitrogens with zero attached hydrogens (tertiary/aromatic N) is 3. The smallest absolute Gasteiger partial charge is 0.225 e. The number of rotatable bonds is 7. The Morgan fingerprint density at radius 2 is 1.86 bits per heavy atom. The first kappa shape index (κ1) is 21.2. The van der Waals surface area contributed by atoms with Crippen LogP contribution in [0, 0.1) is 0 Å². The third-order valence-electron chi connectivity index (χ3n) is 4.70. The number of benzene rings is 1. The lowest BCUT2D eigenvalue weighted by Crippen LogP contribution is -2.37. The maximum absolute atomic E-state index is 12.3. The number of ether oxygens (including phenoxy) is 1. The minimum atomic E-state index is -3.31. The van der Waals surface area contributed by atoms with Crippen LogP contribution in [0.2, 0.25) is 0 Å². The predicted octanol–water partition coefficient (Wildman–Crippen LogP) is 1.35. The molecule has 1 aliphatic rings. The number of carbonyl (C=O) groups is 1. The zero-order valence-electron chi connectivity index (χ0n) is 16.7. The van der Waals surface area contributed by atoms with E-state index in [0.717, 1.165) is 24.3 Å². The molecular formula is C20H26N4O4S. The van der Waals surface area contributed by atoms with Gasteiger partial charge in [0.15, 0.2) is 9.84 Å². The van der Waals surface area contributed by atoms with Gasteiger partial charge in [-0.2, -0.15) is 0 Å². The summed E-state index contributed by atoms with van der Waals surface area (Å²) in [5.74, 6) is 0.484. The predicted molar refractivity (Wildman–Crippen MR) is 109 cm³/mol. The van der Waals surface area contributed by atoms with Gasteiger partial charge in [-0.05, 0) is 37.6 Å². The topological polar surface area (TPSA) is 101 Å². The number of sulfone groups is 1. The number of morpholine rings is 1. The van der Waals surface area contributed by atoms with E-state index in [2.05, 4.69) is 20.2 Å². The van der Waals surface area contributed by atoms with E-state index >= 15 is 0 Å². The molecule has 0 spiro atoms. The molecule has 1 amide bonds. The summed E-state index contributed by atoms with van der Waals surface area (Å²) in [5, 5.41) is 2.37. The van der Waals surface area contributed by atoms with Crippen LogP contribution in [0.4, 0.5) is 5.95 Å². The molecule has 0 bridgehead atoms. The molecule has 3 rings (SSSR count). The summed E-state index contributed by atoms with van der Waals surface area (Å²) in [7, 11) is -3.31. The first-order valence-electron chi connectivity index (χ1n) is 9.60. The summed E-state index contributed by atoms with van der Waals surface area (Å²) >= 11 is 0. The Balaban J connectivity index is 1.55. The third kappa shape index (κ3) is 5.51. The molecule has 1 aromatic heterocycles. The average molecular weight is 419 g/mol. The summed E-state index contributed by atoms with van der Waals surface area (Å²) < 4.78 is 29.7. The number of hydrogen-bond donors (Lipinski definition) is 1. The fraction of sp³-hybridized carbons (Fsp3) is 0.450. The van der Waals surface area contributed by atoms with Crippen LogP contribution in [-0.4, -0.2) is 55.8 Å². The molecule has 1 aliphatic heterocycles. The highest BCUT2D eigenvalue weighted by molar-refractivity contribution is 7.92. The SMILES string of the molecule is CC(C)S(=O)(=O)c1ccc(CC(=O)NCc2ccnc(N3CCOCC3)n2)cc1. The van der Waals surface area contributed by atoms with Crippen LogP contribution in [0.15, 0.2) is 41.4 Å². The Labute approximate surface area is 171 Å². The summed E-state index contributed by atoms with van der Waals surface area (Å²) in [5.41, 5.74) is 1.48. The molecule has 9 heteroatoms. The van der Waals surface area contributed by atoms with Crippen LogP contribution in [-0.2, 0) is 32.3 Å². The van der Waals surface area contributed by atoms with Gasteiger partial charge in [0, 0.05) is 19.3 Å². The molecule has 0 unspecified atom stereocenters. The van der Waals surface area contributed by atoms with Crippen molar-refractivity contribution in [3.05, 3.63) is 47.8 Å². The molecule has 0 aliphatic carbocycles. The van der Waals surface area contributed by atoms with Gasteiger partial charge in [0.05, 0.1) is 42.0 Å². The third-order valence-corrected chi connectivity index (χ3v) is 6.87. The van der Waals surface area contributed by atoms with Crippen LogP contribution in [0.25, 0.3) is 0 Å². The van der Waals surface area contributed by atoms with Crippen molar-refractivity contribution in [2.24, 2.45) is 0 Å². The number of aromatic nitrogens is 2. The Morgan fingerprint density at radius 1 is 1.17 bits per heavy atom. The lowest BCUT2D eigenvalue weighted by molar-refractivity contribution is -0.120. The highest BCUT2D eigenvalue weighted by atomic mass is 32.2. The molecule has 1 saturated heterocycles. The Hall–Kier alpha value is -2.52. The average Bonchev–Trinajstić information content (AvgIpc) is 2.73. The normalized spacial score (nSPS) is 14.8. The summed E-state index contributed by atoms with van der Waals surface area (Å²) in [6.45, 7) is 6.40. The summed E-state index contributed by atoms with van der Waals surface area (Å²) in [4.78, 5) is 23.4. The lowest BCUT2D eigenvalue weighted by atomic mass is 10.1. The van der Waals surface area contributed by atoms with Gasteiger partial charge in [-0.15, -0.1) is 0 Å². The number of carbonyl (C=O) groups excluding carboxylic acids is 1. The molecule has 8 nitrogen and oxygen atoms in total. The Kier molecular flexibility index (Phi) is 6.81. The molecule has 156 valence electrons. The maximum Gasteiger partial charge on any atom is 0.225 e. The van der Waals surface area contributed by atoms with E-state index in [1.165, 1.54) is 0 Å². The lowest BCUT2D eigenvalue weighted by Gasteiger charge is -2.26. The highest BCUT2D eigenvalue weighted by Gasteiger charge is 2.19. The van der Waals surface area contributed by atoms with Crippen molar-refractivity contribution in [1.29, 1.82) is 0 Å². The first-order chi connectivity index (χ1) is 13.9. The second kappa shape index (κ2) is 9.32. The number of anilines is 1. The zero-order chi connectivity index (χ0) is 20.9. The number of amides is 1. The Bertz CT molecular complexity index is 939. The van der Waals surface area contributed by atoms with Gasteiger partial charge < -0.3 is 15.0 Å². The van der Waals surface area contributed by atoms with E-state index in [4.69, 9.17) is 4.74 Å². The van der Waals surface area contributed by atoms with Crippen molar-refractivity contribution in [3.8, 4) is 0 Å². The van der Waals surface area contributed by atoms with E-state index in [-0.39, 0.29) is 17.2 Å². The van der Waals surface area contributed by atoms with Gasteiger partial charge in [0.1, 0.15) is 0 Å². The second-order valence-electron chi connectivity index (χ2n) is 7.14. The van der Waals surface area contributed by atoms with Gasteiger partial charge >= 0.3 is 0 Å². The minimum absolute atomic E-state index is 0.156. The second-order valence-corrected chi connectivity index (χ2v) is 9.64. The van der Waals surface area contributed by atoms with Crippen molar-refractivity contribution >= 4 is 21.7 Å². The van der Waals surface area contributed by atoms with Crippen molar-refractivity contribution in [3.63, 3.8) is 0 Å². The van der Waals surface area contributed by atoms with Crippen LogP contribution in [0.3, 0.4) is 0 Å². The van der Waals surface area contributed by atoms with E-state index < -0.39 is 15.1 Å². The van der Waals surface area contributed by atoms with Gasteiger partial charge in [0.2, 0.25) is 11.9 Å². The molecule has 0 atom stereocenters. The highest BCUT2D eigenvalue weighted by Crippen LogP contribution is 2.17. The summed E-state index contributed by atoms with van der Waals surface area (Å²) in [6.07, 6.45) is 1.86. The molecule has 1 aromatic carbocycles. The fourth-order valence-corrected chi connectivity index (χ4v) is 3.96. The Morgan fingerprint density at radius 3 is 2.52 bits per heavy atom. The molecule has 1 fully saturated rings. The molecule has 2 aromatic rings. The van der Waals surface area contributed by atoms with E-state index in [1.807, 2.05) is 0 Å². The largest absolute Gasteiger partial charge is 0.378 e. The quantitative estimate of drug-likeness (QED) is 0.724. The monoisotopic (exact) mass is 418 g/mol. The van der Waals surface area contributed by atoms with Crippen LogP contribution < -0.4 is 10.2 Å². The number of hydrogen-bond acceptors (Lipinski definition) is 7. The first-order valence-corrected chi connectivity index (χ1v) is 11.1. The van der Waals surface area contributed by atoms with Crippen molar-refractivity contribution in [2.45, 2.75) is 37.0 Å². The van der Waals surface area contributed by atoms with E-state index in [9.17, 15) is 13.2 Å². The fourth-order valence-electron chi connectivity index (χ4n) is 2.90. The van der Waals surface area contributed by atoms with Crippen molar-refractivity contribution < 1.29 is 17.9 Å². The van der Waals surface area contributed by atoms with Gasteiger partial charge in [-0.1, -0.05) is 12.1 Å². The minimum Gasteiger partial charge on any atom is -0.378 e. The van der Waals surface area contributed by atoms with E-state index in [0.29, 0.717) is 25.7 Å². The van der Waals surface area contributed by atoms with Crippen molar-refractivity contribution in [1.82, 2.24) is 15.3 Å². The van der Waals surface area contributed by atoms with Gasteiger partial charge in [-0.3, -0.25) is 4.79 Å². The standard InChI is InChI=1S/C20H26N4O4S/c1-15(2)29(26,27)18-5-3-16(4-6-18)13-19(25)22-14-17-7-8-21-20(23-17)24-9-11-28-12-10-24/h3-8,15H,9-14H2,1-2H3,(H,22,25). The van der Waals surface area contributed by atoms with Gasteiger partial charge in [-0.25, -0.2) is 18.4 Å². The van der Waals surface area contributed by atoms with Crippen molar-refractivity contribution in [2.75, 3.05) is 31.2 Å². The van der Waals surface area contributed by atoms with Crippen LogP contribution >= 0.6 is 0 Å². The number of nitrogens with one attached hydrogen (secondary N) is 1. The molecule has 0 saturated carbocycles. The van der Waals surface area contributed by atoms with Crippen LogP contribution in [0.5, 0.6) is 0 Å². The molecule has 0 radical (unpaired) electrons. The van der Waals surface area contributed by atoms with E-state index in [1.54, 1.807) is 50.4 Å². The molecule has 1 N–H and O–H groups in total. The summed E-state index contributed by atoms with van der Waals surface area (Å²) in [6, 6.07) is 8.23.